The fourth-order valence-electron chi connectivity index (χ4n) is 2.68. The molecule has 0 heterocycles. The van der Waals surface area contributed by atoms with E-state index in [4.69, 9.17) is 5.73 Å². The summed E-state index contributed by atoms with van der Waals surface area (Å²) in [6.07, 6.45) is 0. The number of amidine groups is 1. The molecule has 2 nitrogen and oxygen atoms in total. The highest BCUT2D eigenvalue weighted by atomic mass is 14.9. The van der Waals surface area contributed by atoms with Gasteiger partial charge in [0.25, 0.3) is 0 Å². The van der Waals surface area contributed by atoms with Gasteiger partial charge in [0.1, 0.15) is 5.84 Å². The maximum Gasteiger partial charge on any atom is 0.125 e. The molecule has 0 bridgehead atoms. The van der Waals surface area contributed by atoms with Gasteiger partial charge in [0.05, 0.1) is 0 Å². The van der Waals surface area contributed by atoms with E-state index in [-0.39, 0.29) is 6.04 Å². The van der Waals surface area contributed by atoms with Crippen molar-refractivity contribution in [3.8, 4) is 11.1 Å². The molecule has 0 saturated heterocycles. The van der Waals surface area contributed by atoms with Crippen molar-refractivity contribution in [3.05, 3.63) is 72.3 Å². The van der Waals surface area contributed by atoms with Crippen molar-refractivity contribution >= 4 is 16.6 Å². The van der Waals surface area contributed by atoms with Gasteiger partial charge >= 0.3 is 0 Å². The van der Waals surface area contributed by atoms with Crippen LogP contribution >= 0.6 is 0 Å². The first-order valence-electron chi connectivity index (χ1n) is 7.57. The molecule has 2 N–H and O–H groups in total. The largest absolute Gasteiger partial charge is 0.383 e. The molecule has 0 atom stereocenters. The maximum atomic E-state index is 6.11. The highest BCUT2D eigenvalue weighted by Gasteiger charge is 2.06. The summed E-state index contributed by atoms with van der Waals surface area (Å²) >= 11 is 0. The van der Waals surface area contributed by atoms with Gasteiger partial charge in [-0.2, -0.15) is 0 Å². The summed E-state index contributed by atoms with van der Waals surface area (Å²) in [5.74, 6) is 0.595. The summed E-state index contributed by atoms with van der Waals surface area (Å²) in [5.41, 5.74) is 9.46. The fourth-order valence-corrected chi connectivity index (χ4v) is 2.68. The molecule has 0 saturated carbocycles. The monoisotopic (exact) mass is 288 g/mol. The van der Waals surface area contributed by atoms with Crippen molar-refractivity contribution in [2.24, 2.45) is 10.7 Å². The Bertz CT molecular complexity index is 826. The molecule has 0 unspecified atom stereocenters. The molecule has 3 rings (SSSR count). The third-order valence-electron chi connectivity index (χ3n) is 3.66. The second-order valence-corrected chi connectivity index (χ2v) is 5.72. The standard InChI is InChI=1S/C20H20N2/c1-14(2)22-20(21)17-10-5-9-16(13-17)19-12-6-8-15-7-3-4-11-18(15)19/h3-14H,1-2H3,(H2,21,22). The lowest BCUT2D eigenvalue weighted by Gasteiger charge is -2.09. The molecule has 0 aliphatic carbocycles. The Hall–Kier alpha value is -2.61. The number of nitrogens with zero attached hydrogens (tertiary/aromatic N) is 1. The van der Waals surface area contributed by atoms with Gasteiger partial charge in [-0.3, -0.25) is 4.99 Å². The first-order chi connectivity index (χ1) is 10.6. The normalized spacial score (nSPS) is 12.0. The van der Waals surface area contributed by atoms with Crippen molar-refractivity contribution in [3.63, 3.8) is 0 Å². The first-order valence-corrected chi connectivity index (χ1v) is 7.57. The van der Waals surface area contributed by atoms with Gasteiger partial charge in [-0.25, -0.2) is 0 Å². The Labute approximate surface area is 131 Å². The van der Waals surface area contributed by atoms with Crippen LogP contribution in [0.4, 0.5) is 0 Å². The predicted octanol–water partition coefficient (Wildman–Crippen LogP) is 4.62. The molecule has 0 aliphatic rings. The SMILES string of the molecule is CC(C)N=C(N)c1cccc(-c2cccc3ccccc23)c1. The number of benzene rings is 3. The summed E-state index contributed by atoms with van der Waals surface area (Å²) in [4.78, 5) is 4.44. The van der Waals surface area contributed by atoms with Crippen LogP contribution < -0.4 is 5.73 Å². The van der Waals surface area contributed by atoms with E-state index < -0.39 is 0 Å². The zero-order chi connectivity index (χ0) is 15.5. The third kappa shape index (κ3) is 2.86. The Kier molecular flexibility index (Phi) is 3.92. The quantitative estimate of drug-likeness (QED) is 0.554. The van der Waals surface area contributed by atoms with Crippen LogP contribution in [0.3, 0.4) is 0 Å². The van der Waals surface area contributed by atoms with Crippen molar-refractivity contribution in [2.75, 3.05) is 0 Å². The zero-order valence-electron chi connectivity index (χ0n) is 13.0. The van der Waals surface area contributed by atoms with Crippen LogP contribution in [0.1, 0.15) is 19.4 Å². The van der Waals surface area contributed by atoms with Gasteiger partial charge in [-0.1, -0.05) is 60.7 Å². The zero-order valence-corrected chi connectivity index (χ0v) is 13.0. The first kappa shape index (κ1) is 14.3. The highest BCUT2D eigenvalue weighted by molar-refractivity contribution is 6.01. The van der Waals surface area contributed by atoms with Crippen LogP contribution in [0.25, 0.3) is 21.9 Å². The van der Waals surface area contributed by atoms with Crippen LogP contribution in [-0.2, 0) is 0 Å². The van der Waals surface area contributed by atoms with E-state index in [1.54, 1.807) is 0 Å². The lowest BCUT2D eigenvalue weighted by molar-refractivity contribution is 0.834. The molecule has 0 amide bonds. The lowest BCUT2D eigenvalue weighted by Crippen LogP contribution is -2.15. The van der Waals surface area contributed by atoms with Crippen molar-refractivity contribution < 1.29 is 0 Å². The summed E-state index contributed by atoms with van der Waals surface area (Å²) in [5, 5.41) is 2.50. The van der Waals surface area contributed by atoms with Gasteiger partial charge in [0.15, 0.2) is 0 Å². The Morgan fingerprint density at radius 2 is 1.64 bits per heavy atom. The Morgan fingerprint density at radius 1 is 0.909 bits per heavy atom. The predicted molar refractivity (Wildman–Crippen MR) is 95.2 cm³/mol. The molecule has 0 radical (unpaired) electrons. The molecule has 0 spiro atoms. The second kappa shape index (κ2) is 6.02. The van der Waals surface area contributed by atoms with Crippen LogP contribution in [0.15, 0.2) is 71.7 Å². The van der Waals surface area contributed by atoms with Gasteiger partial charge in [-0.05, 0) is 41.8 Å². The number of fused-ring (bicyclic) bond motifs is 1. The lowest BCUT2D eigenvalue weighted by atomic mass is 9.97. The van der Waals surface area contributed by atoms with E-state index in [0.29, 0.717) is 5.84 Å². The Morgan fingerprint density at radius 3 is 2.45 bits per heavy atom. The molecule has 0 aromatic heterocycles. The summed E-state index contributed by atoms with van der Waals surface area (Å²) in [6.45, 7) is 4.06. The van der Waals surface area contributed by atoms with Crippen molar-refractivity contribution in [1.29, 1.82) is 0 Å². The topological polar surface area (TPSA) is 38.4 Å². The van der Waals surface area contributed by atoms with E-state index in [2.05, 4.69) is 59.6 Å². The minimum Gasteiger partial charge on any atom is -0.383 e. The average Bonchev–Trinajstić information content (AvgIpc) is 2.54. The van der Waals surface area contributed by atoms with Gasteiger partial charge in [0.2, 0.25) is 0 Å². The number of aliphatic imine (C=N–C) groups is 1. The molecular weight excluding hydrogens is 268 g/mol. The minimum absolute atomic E-state index is 0.196. The van der Waals surface area contributed by atoms with Gasteiger partial charge in [-0.15, -0.1) is 0 Å². The number of hydrogen-bond donors (Lipinski definition) is 1. The summed E-state index contributed by atoms with van der Waals surface area (Å²) in [6, 6.07) is 23.3. The van der Waals surface area contributed by atoms with Crippen LogP contribution in [0, 0.1) is 0 Å². The molecule has 3 aromatic carbocycles. The fraction of sp³-hybridized carbons (Fsp3) is 0.150. The van der Waals surface area contributed by atoms with Crippen molar-refractivity contribution in [2.45, 2.75) is 19.9 Å². The highest BCUT2D eigenvalue weighted by Crippen LogP contribution is 2.29. The third-order valence-corrected chi connectivity index (χ3v) is 3.66. The number of rotatable bonds is 3. The maximum absolute atomic E-state index is 6.11. The van der Waals surface area contributed by atoms with E-state index in [0.717, 1.165) is 11.1 Å². The van der Waals surface area contributed by atoms with E-state index >= 15 is 0 Å². The minimum atomic E-state index is 0.196. The van der Waals surface area contributed by atoms with E-state index in [9.17, 15) is 0 Å². The van der Waals surface area contributed by atoms with E-state index in [1.165, 1.54) is 16.3 Å². The van der Waals surface area contributed by atoms with E-state index in [1.807, 2.05) is 26.0 Å². The molecule has 22 heavy (non-hydrogen) atoms. The number of hydrogen-bond acceptors (Lipinski definition) is 1. The summed E-state index contributed by atoms with van der Waals surface area (Å²) < 4.78 is 0. The molecule has 2 heteroatoms. The summed E-state index contributed by atoms with van der Waals surface area (Å²) in [7, 11) is 0. The smallest absolute Gasteiger partial charge is 0.125 e. The van der Waals surface area contributed by atoms with Crippen molar-refractivity contribution in [1.82, 2.24) is 0 Å². The van der Waals surface area contributed by atoms with Crippen LogP contribution in [0.5, 0.6) is 0 Å². The molecule has 3 aromatic rings. The van der Waals surface area contributed by atoms with Gasteiger partial charge in [0, 0.05) is 11.6 Å². The van der Waals surface area contributed by atoms with Crippen LogP contribution in [0.2, 0.25) is 0 Å². The Balaban J connectivity index is 2.12. The second-order valence-electron chi connectivity index (χ2n) is 5.72. The number of nitrogens with two attached hydrogens (primary N) is 1. The van der Waals surface area contributed by atoms with Gasteiger partial charge < -0.3 is 5.73 Å². The van der Waals surface area contributed by atoms with Crippen LogP contribution in [-0.4, -0.2) is 11.9 Å². The molecular formula is C20H20N2. The molecule has 0 aliphatic heterocycles. The average molecular weight is 288 g/mol. The molecule has 110 valence electrons. The molecule has 0 fully saturated rings.